The number of hydrogen-bond donors (Lipinski definition) is 1. The third-order valence-electron chi connectivity index (χ3n) is 3.06. The molecule has 1 aromatic carbocycles. The maximum Gasteiger partial charge on any atom is 0.131 e. The van der Waals surface area contributed by atoms with Crippen molar-refractivity contribution in [1.29, 1.82) is 0 Å². The number of aromatic nitrogens is 2. The SMILES string of the molecule is NCCc1nc(-c2ccccn2)c(-c2ccccc2F)s1. The molecule has 0 atom stereocenters. The summed E-state index contributed by atoms with van der Waals surface area (Å²) in [7, 11) is 0. The second-order valence-corrected chi connectivity index (χ2v) is 5.60. The van der Waals surface area contributed by atoms with E-state index in [4.69, 9.17) is 5.73 Å². The minimum Gasteiger partial charge on any atom is -0.330 e. The molecule has 21 heavy (non-hydrogen) atoms. The zero-order valence-electron chi connectivity index (χ0n) is 11.3. The summed E-state index contributed by atoms with van der Waals surface area (Å²) in [6.07, 6.45) is 2.39. The highest BCUT2D eigenvalue weighted by Crippen LogP contribution is 2.37. The van der Waals surface area contributed by atoms with Crippen LogP contribution in [0.3, 0.4) is 0 Å². The molecular formula is C16H14FN3S. The summed E-state index contributed by atoms with van der Waals surface area (Å²) < 4.78 is 14.1. The fourth-order valence-electron chi connectivity index (χ4n) is 2.10. The van der Waals surface area contributed by atoms with Gasteiger partial charge in [0.2, 0.25) is 0 Å². The van der Waals surface area contributed by atoms with Crippen molar-refractivity contribution in [2.45, 2.75) is 6.42 Å². The first-order chi connectivity index (χ1) is 10.3. The van der Waals surface area contributed by atoms with Crippen molar-refractivity contribution < 1.29 is 4.39 Å². The minimum absolute atomic E-state index is 0.252. The van der Waals surface area contributed by atoms with Gasteiger partial charge in [0.1, 0.15) is 11.5 Å². The van der Waals surface area contributed by atoms with Crippen molar-refractivity contribution >= 4 is 11.3 Å². The Morgan fingerprint density at radius 2 is 1.90 bits per heavy atom. The summed E-state index contributed by atoms with van der Waals surface area (Å²) in [6, 6.07) is 12.4. The van der Waals surface area contributed by atoms with Crippen molar-refractivity contribution in [2.75, 3.05) is 6.54 Å². The van der Waals surface area contributed by atoms with Crippen LogP contribution in [-0.4, -0.2) is 16.5 Å². The lowest BCUT2D eigenvalue weighted by atomic mass is 10.1. The molecule has 106 valence electrons. The second-order valence-electron chi connectivity index (χ2n) is 4.52. The highest BCUT2D eigenvalue weighted by molar-refractivity contribution is 7.15. The quantitative estimate of drug-likeness (QED) is 0.802. The normalized spacial score (nSPS) is 10.8. The first kappa shape index (κ1) is 13.9. The molecule has 0 saturated carbocycles. The Kier molecular flexibility index (Phi) is 4.03. The van der Waals surface area contributed by atoms with Gasteiger partial charge in [-0.2, -0.15) is 0 Å². The van der Waals surface area contributed by atoms with E-state index in [-0.39, 0.29) is 5.82 Å². The number of halogens is 1. The molecule has 0 aliphatic heterocycles. The van der Waals surface area contributed by atoms with E-state index in [1.165, 1.54) is 17.4 Å². The van der Waals surface area contributed by atoms with E-state index >= 15 is 0 Å². The van der Waals surface area contributed by atoms with Crippen LogP contribution in [0.5, 0.6) is 0 Å². The van der Waals surface area contributed by atoms with Gasteiger partial charge in [-0.05, 0) is 24.7 Å². The number of thiazole rings is 1. The number of benzene rings is 1. The number of nitrogens with two attached hydrogens (primary N) is 1. The second kappa shape index (κ2) is 6.11. The fourth-order valence-corrected chi connectivity index (χ4v) is 3.21. The first-order valence-corrected chi connectivity index (χ1v) is 7.47. The van der Waals surface area contributed by atoms with Crippen LogP contribution in [0.4, 0.5) is 4.39 Å². The molecule has 5 heteroatoms. The molecule has 3 aromatic rings. The van der Waals surface area contributed by atoms with E-state index in [9.17, 15) is 4.39 Å². The van der Waals surface area contributed by atoms with Gasteiger partial charge in [0.05, 0.1) is 15.6 Å². The molecule has 0 bridgehead atoms. The summed E-state index contributed by atoms with van der Waals surface area (Å²) in [4.78, 5) is 9.73. The molecule has 2 aromatic heterocycles. The van der Waals surface area contributed by atoms with Gasteiger partial charge in [-0.3, -0.25) is 4.98 Å². The molecule has 2 N–H and O–H groups in total. The maximum absolute atomic E-state index is 14.1. The van der Waals surface area contributed by atoms with Crippen molar-refractivity contribution in [1.82, 2.24) is 9.97 Å². The fraction of sp³-hybridized carbons (Fsp3) is 0.125. The highest BCUT2D eigenvalue weighted by atomic mass is 32.1. The van der Waals surface area contributed by atoms with Gasteiger partial charge < -0.3 is 5.73 Å². The van der Waals surface area contributed by atoms with Gasteiger partial charge in [0.15, 0.2) is 0 Å². The van der Waals surface area contributed by atoms with Gasteiger partial charge in [0.25, 0.3) is 0 Å². The van der Waals surface area contributed by atoms with Crippen molar-refractivity contribution in [3.63, 3.8) is 0 Å². The lowest BCUT2D eigenvalue weighted by Crippen LogP contribution is -2.02. The van der Waals surface area contributed by atoms with Gasteiger partial charge in [-0.1, -0.05) is 24.3 Å². The van der Waals surface area contributed by atoms with Crippen LogP contribution in [0, 0.1) is 5.82 Å². The molecule has 3 nitrogen and oxygen atoms in total. The summed E-state index contributed by atoms with van der Waals surface area (Å²) in [6.45, 7) is 0.520. The number of nitrogens with zero attached hydrogens (tertiary/aromatic N) is 2. The van der Waals surface area contributed by atoms with Crippen LogP contribution in [0.25, 0.3) is 21.8 Å². The number of pyridine rings is 1. The number of rotatable bonds is 4. The average molecular weight is 299 g/mol. The zero-order valence-corrected chi connectivity index (χ0v) is 12.1. The summed E-state index contributed by atoms with van der Waals surface area (Å²) in [5.41, 5.74) is 7.62. The average Bonchev–Trinajstić information content (AvgIpc) is 2.93. The molecule has 0 aliphatic carbocycles. The van der Waals surface area contributed by atoms with Crippen molar-refractivity contribution in [3.05, 3.63) is 59.5 Å². The highest BCUT2D eigenvalue weighted by Gasteiger charge is 2.17. The van der Waals surface area contributed by atoms with Crippen LogP contribution in [0.2, 0.25) is 0 Å². The topological polar surface area (TPSA) is 51.8 Å². The van der Waals surface area contributed by atoms with Gasteiger partial charge in [-0.25, -0.2) is 9.37 Å². The zero-order chi connectivity index (χ0) is 14.7. The number of hydrogen-bond acceptors (Lipinski definition) is 4. The molecule has 0 spiro atoms. The van der Waals surface area contributed by atoms with E-state index < -0.39 is 0 Å². The van der Waals surface area contributed by atoms with Crippen LogP contribution in [0.1, 0.15) is 5.01 Å². The van der Waals surface area contributed by atoms with Crippen LogP contribution < -0.4 is 5.73 Å². The van der Waals surface area contributed by atoms with Gasteiger partial charge in [0, 0.05) is 18.2 Å². The molecule has 0 radical (unpaired) electrons. The van der Waals surface area contributed by atoms with E-state index in [1.54, 1.807) is 18.3 Å². The van der Waals surface area contributed by atoms with Crippen LogP contribution in [0.15, 0.2) is 48.7 Å². The Hall–Kier alpha value is -2.11. The van der Waals surface area contributed by atoms with Crippen molar-refractivity contribution in [3.8, 4) is 21.8 Å². The van der Waals surface area contributed by atoms with E-state index in [1.807, 2.05) is 24.3 Å². The summed E-state index contributed by atoms with van der Waals surface area (Å²) >= 11 is 1.48. The molecule has 0 unspecified atom stereocenters. The lowest BCUT2D eigenvalue weighted by Gasteiger charge is -2.03. The molecular weight excluding hydrogens is 285 g/mol. The third kappa shape index (κ3) is 2.84. The standard InChI is InChI=1S/C16H14FN3S/c17-12-6-2-1-5-11(12)16-15(13-7-3-4-10-19-13)20-14(21-16)8-9-18/h1-7,10H,8-9,18H2. The Morgan fingerprint density at radius 1 is 1.10 bits per heavy atom. The Balaban J connectivity index is 2.17. The molecule has 0 fully saturated rings. The van der Waals surface area contributed by atoms with E-state index in [2.05, 4.69) is 9.97 Å². The van der Waals surface area contributed by atoms with Gasteiger partial charge >= 0.3 is 0 Å². The third-order valence-corrected chi connectivity index (χ3v) is 4.20. The smallest absolute Gasteiger partial charge is 0.131 e. The molecule has 0 saturated heterocycles. The lowest BCUT2D eigenvalue weighted by molar-refractivity contribution is 0.631. The monoisotopic (exact) mass is 299 g/mol. The summed E-state index contributed by atoms with van der Waals surface area (Å²) in [5.74, 6) is -0.252. The Bertz CT molecular complexity index is 740. The van der Waals surface area contributed by atoms with Gasteiger partial charge in [-0.15, -0.1) is 11.3 Å². The molecule has 0 amide bonds. The predicted molar refractivity (Wildman–Crippen MR) is 83.5 cm³/mol. The minimum atomic E-state index is -0.252. The van der Waals surface area contributed by atoms with Crippen LogP contribution >= 0.6 is 11.3 Å². The van der Waals surface area contributed by atoms with E-state index in [0.29, 0.717) is 24.2 Å². The largest absolute Gasteiger partial charge is 0.330 e. The molecule has 0 aliphatic rings. The molecule has 2 heterocycles. The Morgan fingerprint density at radius 3 is 2.62 bits per heavy atom. The summed E-state index contributed by atoms with van der Waals surface area (Å²) in [5, 5.41) is 0.899. The van der Waals surface area contributed by atoms with Crippen molar-refractivity contribution in [2.24, 2.45) is 5.73 Å². The predicted octanol–water partition coefficient (Wildman–Crippen LogP) is 3.51. The molecule has 3 rings (SSSR count). The Labute approximate surface area is 126 Å². The van der Waals surface area contributed by atoms with E-state index in [0.717, 1.165) is 15.6 Å². The maximum atomic E-state index is 14.1. The van der Waals surface area contributed by atoms with Crippen LogP contribution in [-0.2, 0) is 6.42 Å². The first-order valence-electron chi connectivity index (χ1n) is 6.65.